The van der Waals surface area contributed by atoms with Gasteiger partial charge in [-0.15, -0.1) is 9.50 Å². The summed E-state index contributed by atoms with van der Waals surface area (Å²) >= 11 is 0. The fourth-order valence-electron chi connectivity index (χ4n) is 2.97. The minimum absolute atomic E-state index is 0.160. The van der Waals surface area contributed by atoms with Gasteiger partial charge in [-0.1, -0.05) is 13.0 Å². The summed E-state index contributed by atoms with van der Waals surface area (Å²) in [5, 5.41) is 6.35. The van der Waals surface area contributed by atoms with E-state index in [0.29, 0.717) is 24.4 Å². The van der Waals surface area contributed by atoms with Crippen molar-refractivity contribution in [3.63, 3.8) is 0 Å². The van der Waals surface area contributed by atoms with Crippen LogP contribution in [0.2, 0.25) is 0 Å². The molecule has 0 bridgehead atoms. The standard InChI is InChI=1S/C19H17F2N7/c1-2-12-10-26-28-16(23-7-11-8-24-19(22)25-9-11)6-15(27-18(12)28)17-13(20)4-3-5-14(17)21/h3-6,8-10H,2,7H2,1H3,(H3,22,23,24,25,26,27)/p+1. The highest BCUT2D eigenvalue weighted by atomic mass is 19.1. The number of hydrogen-bond donors (Lipinski definition) is 3. The summed E-state index contributed by atoms with van der Waals surface area (Å²) < 4.78 is 30.4. The third-order valence-corrected chi connectivity index (χ3v) is 4.41. The van der Waals surface area contributed by atoms with Gasteiger partial charge in [-0.2, -0.15) is 0 Å². The monoisotopic (exact) mass is 382 g/mol. The molecule has 0 amide bonds. The zero-order chi connectivity index (χ0) is 19.7. The SMILES string of the molecule is CCc1c[nH][n+]2c(NCc3cnc(N)nc3)cc(-c3c(F)cccc3F)nc12. The Kier molecular flexibility index (Phi) is 4.56. The fourth-order valence-corrected chi connectivity index (χ4v) is 2.97. The Morgan fingerprint density at radius 1 is 1.18 bits per heavy atom. The molecule has 7 nitrogen and oxygen atoms in total. The Morgan fingerprint density at radius 2 is 1.89 bits per heavy atom. The largest absolute Gasteiger partial charge is 0.368 e. The van der Waals surface area contributed by atoms with E-state index in [-0.39, 0.29) is 17.2 Å². The Morgan fingerprint density at radius 3 is 2.57 bits per heavy atom. The van der Waals surface area contributed by atoms with Crippen molar-refractivity contribution in [1.82, 2.24) is 20.1 Å². The van der Waals surface area contributed by atoms with Crippen LogP contribution in [0.15, 0.2) is 42.9 Å². The lowest BCUT2D eigenvalue weighted by Crippen LogP contribution is -2.29. The van der Waals surface area contributed by atoms with Gasteiger partial charge in [-0.3, -0.25) is 10.4 Å². The molecule has 0 radical (unpaired) electrons. The van der Waals surface area contributed by atoms with Crippen LogP contribution in [-0.2, 0) is 13.0 Å². The molecule has 3 aromatic heterocycles. The van der Waals surface area contributed by atoms with E-state index in [1.165, 1.54) is 18.2 Å². The number of aryl methyl sites for hydroxylation is 1. The fraction of sp³-hybridized carbons (Fsp3) is 0.158. The van der Waals surface area contributed by atoms with E-state index in [4.69, 9.17) is 5.73 Å². The molecular formula is C19H18F2N7+. The highest BCUT2D eigenvalue weighted by molar-refractivity contribution is 5.65. The van der Waals surface area contributed by atoms with Crippen molar-refractivity contribution < 1.29 is 13.3 Å². The second-order valence-corrected chi connectivity index (χ2v) is 6.24. The first kappa shape index (κ1) is 17.8. The van der Waals surface area contributed by atoms with Crippen LogP contribution >= 0.6 is 0 Å². The number of nitrogens with zero attached hydrogens (tertiary/aromatic N) is 4. The Bertz CT molecular complexity index is 1120. The van der Waals surface area contributed by atoms with E-state index in [1.54, 1.807) is 23.0 Å². The van der Waals surface area contributed by atoms with Crippen LogP contribution in [0.4, 0.5) is 20.5 Å². The number of halogens is 2. The van der Waals surface area contributed by atoms with Gasteiger partial charge in [0.15, 0.2) is 5.69 Å². The summed E-state index contributed by atoms with van der Waals surface area (Å²) in [6, 6.07) is 5.36. The van der Waals surface area contributed by atoms with Gasteiger partial charge >= 0.3 is 0 Å². The van der Waals surface area contributed by atoms with Crippen LogP contribution in [0.5, 0.6) is 0 Å². The van der Waals surface area contributed by atoms with Crippen molar-refractivity contribution in [2.45, 2.75) is 19.9 Å². The molecule has 1 aromatic carbocycles. The number of hydrogen-bond acceptors (Lipinski definition) is 5. The van der Waals surface area contributed by atoms with Crippen molar-refractivity contribution in [2.75, 3.05) is 11.1 Å². The molecule has 9 heteroatoms. The molecule has 0 atom stereocenters. The average molecular weight is 382 g/mol. The molecule has 0 aliphatic heterocycles. The average Bonchev–Trinajstić information content (AvgIpc) is 3.10. The number of nitrogen functional groups attached to an aromatic ring is 1. The van der Waals surface area contributed by atoms with Crippen LogP contribution in [0.3, 0.4) is 0 Å². The summed E-state index contributed by atoms with van der Waals surface area (Å²) in [4.78, 5) is 12.4. The first-order valence-corrected chi connectivity index (χ1v) is 8.74. The topological polar surface area (TPSA) is 96.6 Å². The minimum Gasteiger partial charge on any atom is -0.368 e. The van der Waals surface area contributed by atoms with Gasteiger partial charge in [-0.05, 0) is 18.6 Å². The predicted molar refractivity (Wildman–Crippen MR) is 100 cm³/mol. The number of anilines is 2. The summed E-state index contributed by atoms with van der Waals surface area (Å²) in [5.41, 5.74) is 7.89. The molecule has 142 valence electrons. The molecule has 4 rings (SSSR count). The first-order chi connectivity index (χ1) is 13.6. The molecular weight excluding hydrogens is 364 g/mol. The second kappa shape index (κ2) is 7.18. The molecule has 0 saturated carbocycles. The lowest BCUT2D eigenvalue weighted by atomic mass is 10.1. The van der Waals surface area contributed by atoms with Gasteiger partial charge in [0.1, 0.15) is 11.6 Å². The van der Waals surface area contributed by atoms with Crippen LogP contribution in [0.1, 0.15) is 18.1 Å². The first-order valence-electron chi connectivity index (χ1n) is 8.74. The Hall–Kier alpha value is -3.62. The predicted octanol–water partition coefficient (Wildman–Crippen LogP) is 2.64. The number of nitrogens with one attached hydrogen (secondary N) is 2. The van der Waals surface area contributed by atoms with E-state index in [0.717, 1.165) is 11.1 Å². The summed E-state index contributed by atoms with van der Waals surface area (Å²) in [7, 11) is 0. The van der Waals surface area contributed by atoms with Crippen LogP contribution in [0, 0.1) is 11.6 Å². The lowest BCUT2D eigenvalue weighted by Gasteiger charge is -2.06. The van der Waals surface area contributed by atoms with Crippen molar-refractivity contribution in [3.8, 4) is 11.3 Å². The van der Waals surface area contributed by atoms with Crippen molar-refractivity contribution >= 4 is 17.4 Å². The van der Waals surface area contributed by atoms with E-state index >= 15 is 0 Å². The van der Waals surface area contributed by atoms with Gasteiger partial charge in [-0.25, -0.2) is 18.7 Å². The zero-order valence-electron chi connectivity index (χ0n) is 15.1. The van der Waals surface area contributed by atoms with Crippen LogP contribution in [0.25, 0.3) is 16.9 Å². The normalized spacial score (nSPS) is 11.1. The van der Waals surface area contributed by atoms with Crippen molar-refractivity contribution in [2.24, 2.45) is 0 Å². The maximum atomic E-state index is 14.3. The molecule has 0 unspecified atom stereocenters. The molecule has 28 heavy (non-hydrogen) atoms. The van der Waals surface area contributed by atoms with Gasteiger partial charge in [0.05, 0.1) is 18.2 Å². The maximum Gasteiger partial charge on any atom is 0.290 e. The molecule has 3 heterocycles. The van der Waals surface area contributed by atoms with Crippen LogP contribution in [-0.4, -0.2) is 20.1 Å². The quantitative estimate of drug-likeness (QED) is 0.461. The summed E-state index contributed by atoms with van der Waals surface area (Å²) in [5.74, 6) is -0.537. The lowest BCUT2D eigenvalue weighted by molar-refractivity contribution is -0.564. The molecule has 0 saturated heterocycles. The third kappa shape index (κ3) is 3.22. The number of aromatic amines is 1. The molecule has 0 fully saturated rings. The smallest absolute Gasteiger partial charge is 0.290 e. The number of H-pyrrole nitrogens is 1. The summed E-state index contributed by atoms with van der Waals surface area (Å²) in [6.07, 6.45) is 5.76. The molecule has 0 aliphatic carbocycles. The molecule has 0 aliphatic rings. The third-order valence-electron chi connectivity index (χ3n) is 4.41. The number of aromatic nitrogens is 5. The van der Waals surface area contributed by atoms with Crippen LogP contribution < -0.4 is 15.6 Å². The zero-order valence-corrected chi connectivity index (χ0v) is 15.1. The number of fused-ring (bicyclic) bond motifs is 1. The van der Waals surface area contributed by atoms with Gasteiger partial charge in [0.2, 0.25) is 11.8 Å². The van der Waals surface area contributed by atoms with Gasteiger partial charge < -0.3 is 5.73 Å². The van der Waals surface area contributed by atoms with Gasteiger partial charge in [0, 0.05) is 29.7 Å². The van der Waals surface area contributed by atoms with Gasteiger partial charge in [0.25, 0.3) is 5.65 Å². The van der Waals surface area contributed by atoms with E-state index in [1.807, 2.05) is 13.1 Å². The highest BCUT2D eigenvalue weighted by Gasteiger charge is 2.22. The second-order valence-electron chi connectivity index (χ2n) is 6.24. The van der Waals surface area contributed by atoms with E-state index < -0.39 is 11.6 Å². The number of benzene rings is 1. The molecule has 0 spiro atoms. The highest BCUT2D eigenvalue weighted by Crippen LogP contribution is 2.26. The van der Waals surface area contributed by atoms with E-state index in [9.17, 15) is 8.78 Å². The van der Waals surface area contributed by atoms with E-state index in [2.05, 4.69) is 25.4 Å². The molecule has 4 N–H and O–H groups in total. The van der Waals surface area contributed by atoms with Crippen molar-refractivity contribution in [1.29, 1.82) is 0 Å². The molecule has 4 aromatic rings. The minimum atomic E-state index is -0.664. The number of nitrogens with two attached hydrogens (primary N) is 1. The maximum absolute atomic E-state index is 14.3. The van der Waals surface area contributed by atoms with Crippen molar-refractivity contribution in [3.05, 3.63) is 65.6 Å². The summed E-state index contributed by atoms with van der Waals surface area (Å²) in [6.45, 7) is 2.38. The number of rotatable bonds is 5. The Labute approximate surface area is 159 Å². The Balaban J connectivity index is 1.80.